The summed E-state index contributed by atoms with van der Waals surface area (Å²) < 4.78 is 5.02. The minimum absolute atomic E-state index is 0.473. The number of hydrogen-bond acceptors (Lipinski definition) is 5. The second kappa shape index (κ2) is 5.25. The van der Waals surface area contributed by atoms with Crippen molar-refractivity contribution in [2.45, 2.75) is 0 Å². The minimum Gasteiger partial charge on any atom is -0.464 e. The molecule has 1 aliphatic rings. The largest absolute Gasteiger partial charge is 0.464 e. The van der Waals surface area contributed by atoms with Crippen LogP contribution in [0.2, 0.25) is 0 Å². The second-order valence-electron chi connectivity index (χ2n) is 2.48. The molecule has 3 N–H and O–H groups in total. The van der Waals surface area contributed by atoms with Gasteiger partial charge in [-0.3, -0.25) is 0 Å². The van der Waals surface area contributed by atoms with Crippen molar-refractivity contribution in [3.8, 4) is 0 Å². The summed E-state index contributed by atoms with van der Waals surface area (Å²) in [6, 6.07) is 0. The Morgan fingerprint density at radius 2 is 1.93 bits per heavy atom. The van der Waals surface area contributed by atoms with Gasteiger partial charge < -0.3 is 14.7 Å². The van der Waals surface area contributed by atoms with Gasteiger partial charge in [0.1, 0.15) is 0 Å². The first kappa shape index (κ1) is 10.5. The zero-order valence-electron chi connectivity index (χ0n) is 7.36. The molecule has 1 heterocycles. The maximum absolute atomic E-state index is 10.9. The van der Waals surface area contributed by atoms with Gasteiger partial charge in [-0.05, 0) is 0 Å². The van der Waals surface area contributed by atoms with Gasteiger partial charge in [0.25, 0.3) is 0 Å². The first-order valence-electron chi connectivity index (χ1n) is 3.98. The Kier molecular flexibility index (Phi) is 3.95. The Morgan fingerprint density at radius 3 is 2.50 bits per heavy atom. The lowest BCUT2D eigenvalue weighted by Crippen LogP contribution is -2.46. The van der Waals surface area contributed by atoms with Gasteiger partial charge in [0.2, 0.25) is 0 Å². The van der Waals surface area contributed by atoms with E-state index in [9.17, 15) is 9.59 Å². The van der Waals surface area contributed by atoms with E-state index in [1.165, 1.54) is 5.06 Å². The van der Waals surface area contributed by atoms with Gasteiger partial charge in [0.05, 0.1) is 26.3 Å². The van der Waals surface area contributed by atoms with E-state index in [2.05, 4.69) is 0 Å². The number of morpholine rings is 1. The van der Waals surface area contributed by atoms with E-state index < -0.39 is 12.2 Å². The molecule has 1 rings (SSSR count). The highest BCUT2D eigenvalue weighted by Crippen LogP contribution is 1.97. The second-order valence-corrected chi connectivity index (χ2v) is 2.48. The van der Waals surface area contributed by atoms with Gasteiger partial charge in [-0.2, -0.15) is 0 Å². The molecule has 0 aromatic rings. The third-order valence-electron chi connectivity index (χ3n) is 1.45. The van der Waals surface area contributed by atoms with Gasteiger partial charge in [-0.1, -0.05) is 0 Å². The molecule has 0 aromatic carbocycles. The predicted octanol–water partition coefficient (Wildman–Crippen LogP) is -0.858. The van der Waals surface area contributed by atoms with Crippen molar-refractivity contribution in [3.05, 3.63) is 0 Å². The summed E-state index contributed by atoms with van der Waals surface area (Å²) in [5, 5.41) is 9.54. The van der Waals surface area contributed by atoms with Crippen LogP contribution in [-0.4, -0.2) is 48.7 Å². The van der Waals surface area contributed by atoms with Crippen LogP contribution in [0.3, 0.4) is 0 Å². The molecule has 0 aliphatic carbocycles. The maximum Gasteiger partial charge on any atom is 0.445 e. The lowest BCUT2D eigenvalue weighted by molar-refractivity contribution is -0.146. The number of nitrogens with one attached hydrogen (secondary N) is 2. The summed E-state index contributed by atoms with van der Waals surface area (Å²) in [6.45, 7) is 1.92. The number of amides is 2. The maximum atomic E-state index is 10.9. The molecular formula is C6H11N3O5. The fourth-order valence-electron chi connectivity index (χ4n) is 0.882. The molecule has 0 spiro atoms. The number of hydrogen-bond donors (Lipinski definition) is 3. The molecule has 1 saturated heterocycles. The van der Waals surface area contributed by atoms with Crippen LogP contribution in [0.5, 0.6) is 0 Å². The molecule has 80 valence electrons. The average Bonchev–Trinajstić information content (AvgIpc) is 2.16. The molecular weight excluding hydrogens is 194 g/mol. The van der Waals surface area contributed by atoms with Gasteiger partial charge in [-0.25, -0.2) is 20.4 Å². The van der Waals surface area contributed by atoms with Crippen molar-refractivity contribution in [1.29, 1.82) is 0 Å². The molecule has 0 saturated carbocycles. The molecule has 0 atom stereocenters. The van der Waals surface area contributed by atoms with E-state index in [0.29, 0.717) is 26.3 Å². The number of ether oxygens (including phenoxy) is 1. The van der Waals surface area contributed by atoms with Crippen LogP contribution in [0.4, 0.5) is 9.59 Å². The zero-order valence-corrected chi connectivity index (χ0v) is 7.36. The zero-order chi connectivity index (χ0) is 10.4. The van der Waals surface area contributed by atoms with E-state index in [4.69, 9.17) is 14.7 Å². The minimum atomic E-state index is -1.36. The molecule has 0 aromatic heterocycles. The quantitative estimate of drug-likeness (QED) is 0.482. The van der Waals surface area contributed by atoms with Gasteiger partial charge in [-0.15, -0.1) is 5.06 Å². The molecule has 8 heteroatoms. The molecule has 1 fully saturated rings. The van der Waals surface area contributed by atoms with E-state index in [1.807, 2.05) is 5.43 Å². The van der Waals surface area contributed by atoms with Crippen molar-refractivity contribution < 1.29 is 24.3 Å². The van der Waals surface area contributed by atoms with Gasteiger partial charge in [0, 0.05) is 0 Å². The topological polar surface area (TPSA) is 100 Å². The van der Waals surface area contributed by atoms with Crippen LogP contribution in [0.1, 0.15) is 0 Å². The predicted molar refractivity (Wildman–Crippen MR) is 43.2 cm³/mol. The summed E-state index contributed by atoms with van der Waals surface area (Å²) in [7, 11) is 0. The molecule has 2 amide bonds. The summed E-state index contributed by atoms with van der Waals surface area (Å²) >= 11 is 0. The van der Waals surface area contributed by atoms with Crippen molar-refractivity contribution >= 4 is 12.2 Å². The highest BCUT2D eigenvalue weighted by molar-refractivity contribution is 5.72. The van der Waals surface area contributed by atoms with Crippen molar-refractivity contribution in [2.24, 2.45) is 0 Å². The Morgan fingerprint density at radius 1 is 1.29 bits per heavy atom. The lowest BCUT2D eigenvalue weighted by atomic mass is 10.5. The van der Waals surface area contributed by atoms with E-state index in [-0.39, 0.29) is 0 Å². The average molecular weight is 205 g/mol. The highest BCUT2D eigenvalue weighted by Gasteiger charge is 2.15. The normalized spacial score (nSPS) is 17.1. The van der Waals surface area contributed by atoms with Crippen molar-refractivity contribution in [2.75, 3.05) is 26.3 Å². The van der Waals surface area contributed by atoms with Crippen molar-refractivity contribution in [1.82, 2.24) is 15.9 Å². The number of carboxylic acid groups (broad SMARTS) is 1. The smallest absolute Gasteiger partial charge is 0.445 e. The van der Waals surface area contributed by atoms with E-state index in [0.717, 1.165) is 0 Å². The number of carbonyl (C=O) groups is 2. The van der Waals surface area contributed by atoms with Crippen LogP contribution in [0.15, 0.2) is 0 Å². The Bertz CT molecular complexity index is 216. The third kappa shape index (κ3) is 3.92. The standard InChI is InChI=1S/C6H11N3O5/c10-5(11)7-8-6(12)14-9-1-3-13-4-2-9/h7H,1-4H2,(H,8,12)(H,10,11). The van der Waals surface area contributed by atoms with Crippen LogP contribution in [0.25, 0.3) is 0 Å². The SMILES string of the molecule is O=C(O)NNC(=O)ON1CCOCC1. The molecule has 0 unspecified atom stereocenters. The summed E-state index contributed by atoms with van der Waals surface area (Å²) in [6.07, 6.45) is -2.22. The number of nitrogens with zero attached hydrogens (tertiary/aromatic N) is 1. The number of hydrazine groups is 1. The van der Waals surface area contributed by atoms with Crippen LogP contribution >= 0.6 is 0 Å². The van der Waals surface area contributed by atoms with E-state index in [1.54, 1.807) is 5.43 Å². The Balaban J connectivity index is 2.15. The third-order valence-corrected chi connectivity index (χ3v) is 1.45. The molecule has 14 heavy (non-hydrogen) atoms. The fraction of sp³-hybridized carbons (Fsp3) is 0.667. The molecule has 0 radical (unpaired) electrons. The first-order valence-corrected chi connectivity index (χ1v) is 3.98. The highest BCUT2D eigenvalue weighted by atomic mass is 16.7. The summed E-state index contributed by atoms with van der Waals surface area (Å²) in [5.74, 6) is 0. The van der Waals surface area contributed by atoms with Crippen molar-refractivity contribution in [3.63, 3.8) is 0 Å². The Labute approximate surface area is 79.7 Å². The van der Waals surface area contributed by atoms with Crippen LogP contribution in [-0.2, 0) is 9.57 Å². The number of carbonyl (C=O) groups excluding carboxylic acids is 1. The molecule has 1 aliphatic heterocycles. The number of rotatable bonds is 1. The monoisotopic (exact) mass is 205 g/mol. The summed E-state index contributed by atoms with van der Waals surface area (Å²) in [4.78, 5) is 25.6. The number of hydroxylamine groups is 2. The van der Waals surface area contributed by atoms with Gasteiger partial charge >= 0.3 is 12.2 Å². The van der Waals surface area contributed by atoms with Gasteiger partial charge in [0.15, 0.2) is 0 Å². The fourth-order valence-corrected chi connectivity index (χ4v) is 0.882. The molecule has 8 nitrogen and oxygen atoms in total. The van der Waals surface area contributed by atoms with Crippen LogP contribution < -0.4 is 10.9 Å². The first-order chi connectivity index (χ1) is 6.68. The Hall–Kier alpha value is -1.54. The summed E-state index contributed by atoms with van der Waals surface area (Å²) in [5.41, 5.74) is 3.51. The lowest BCUT2D eigenvalue weighted by Gasteiger charge is -2.24. The molecule has 0 bridgehead atoms. The van der Waals surface area contributed by atoms with Crippen LogP contribution in [0, 0.1) is 0 Å². The van der Waals surface area contributed by atoms with E-state index >= 15 is 0 Å².